The Morgan fingerprint density at radius 3 is 2.19 bits per heavy atom. The Kier molecular flexibility index (Phi) is 5.40. The van der Waals surface area contributed by atoms with E-state index in [1.54, 1.807) is 0 Å². The van der Waals surface area contributed by atoms with Crippen LogP contribution < -0.4 is 5.73 Å². The van der Waals surface area contributed by atoms with E-state index in [2.05, 4.69) is 0 Å². The summed E-state index contributed by atoms with van der Waals surface area (Å²) in [4.78, 5) is 0. The van der Waals surface area contributed by atoms with Gasteiger partial charge in [0, 0.05) is 19.8 Å². The van der Waals surface area contributed by atoms with E-state index in [-0.39, 0.29) is 0 Å². The van der Waals surface area contributed by atoms with Crippen molar-refractivity contribution in [3.05, 3.63) is 0 Å². The minimum atomic E-state index is -2.40. The second-order valence-electron chi connectivity index (χ2n) is 4.15. The molecule has 1 fully saturated rings. The Morgan fingerprint density at radius 1 is 1.06 bits per heavy atom. The van der Waals surface area contributed by atoms with Crippen molar-refractivity contribution in [3.8, 4) is 0 Å². The average Bonchev–Trinajstić information content (AvgIpc) is 2.24. The molecular weight excluding hydrogens is 222 g/mol. The normalized spacial score (nSPS) is 29.2. The Labute approximate surface area is 99.7 Å². The molecule has 0 aromatic heterocycles. The molecular formula is C11H25NO3Si. The maximum Gasteiger partial charge on any atom is 0.386 e. The first-order chi connectivity index (χ1) is 7.64. The van der Waals surface area contributed by atoms with Crippen LogP contribution in [0.15, 0.2) is 0 Å². The first-order valence-electron chi connectivity index (χ1n) is 6.35. The minimum Gasteiger partial charge on any atom is -0.392 e. The lowest BCUT2D eigenvalue weighted by atomic mass is 10.2. The smallest absolute Gasteiger partial charge is 0.386 e. The Hall–Kier alpha value is 0.0569. The van der Waals surface area contributed by atoms with Gasteiger partial charge >= 0.3 is 8.56 Å². The van der Waals surface area contributed by atoms with Gasteiger partial charge in [-0.15, -0.1) is 0 Å². The fourth-order valence-electron chi connectivity index (χ4n) is 2.48. The van der Waals surface area contributed by atoms with E-state index < -0.39 is 13.9 Å². The van der Waals surface area contributed by atoms with E-state index in [0.29, 0.717) is 19.8 Å². The van der Waals surface area contributed by atoms with Crippen LogP contribution in [0.5, 0.6) is 0 Å². The molecule has 1 aliphatic heterocycles. The molecule has 4 nitrogen and oxygen atoms in total. The van der Waals surface area contributed by atoms with Crippen LogP contribution in [0.1, 0.15) is 40.0 Å². The predicted octanol–water partition coefficient (Wildman–Crippen LogP) is 1.92. The van der Waals surface area contributed by atoms with Gasteiger partial charge in [0.05, 0.1) is 0 Å². The lowest BCUT2D eigenvalue weighted by Gasteiger charge is -2.46. The SMILES string of the molecule is CCOC1(N)CCCC[Si]1(OCC)OCC. The van der Waals surface area contributed by atoms with E-state index in [1.165, 1.54) is 0 Å². The molecule has 96 valence electrons. The zero-order valence-corrected chi connectivity index (χ0v) is 11.8. The van der Waals surface area contributed by atoms with Gasteiger partial charge in [0.15, 0.2) is 5.35 Å². The van der Waals surface area contributed by atoms with Gasteiger partial charge in [0.2, 0.25) is 0 Å². The van der Waals surface area contributed by atoms with Crippen molar-refractivity contribution < 1.29 is 13.6 Å². The highest BCUT2D eigenvalue weighted by atomic mass is 28.4. The summed E-state index contributed by atoms with van der Waals surface area (Å²) in [6.07, 6.45) is 3.09. The van der Waals surface area contributed by atoms with Gasteiger partial charge in [-0.1, -0.05) is 6.42 Å². The summed E-state index contributed by atoms with van der Waals surface area (Å²) in [7, 11) is -2.40. The van der Waals surface area contributed by atoms with Crippen molar-refractivity contribution in [1.82, 2.24) is 0 Å². The van der Waals surface area contributed by atoms with Gasteiger partial charge in [0.25, 0.3) is 0 Å². The monoisotopic (exact) mass is 247 g/mol. The Morgan fingerprint density at radius 2 is 1.69 bits per heavy atom. The van der Waals surface area contributed by atoms with E-state index in [1.807, 2.05) is 20.8 Å². The number of rotatable bonds is 6. The fourth-order valence-corrected chi connectivity index (χ4v) is 6.34. The fraction of sp³-hybridized carbons (Fsp3) is 1.00. The van der Waals surface area contributed by atoms with Crippen LogP contribution in [0, 0.1) is 0 Å². The topological polar surface area (TPSA) is 53.7 Å². The van der Waals surface area contributed by atoms with E-state index in [0.717, 1.165) is 25.3 Å². The minimum absolute atomic E-state index is 0.616. The molecule has 0 radical (unpaired) electrons. The van der Waals surface area contributed by atoms with Crippen LogP contribution in [0.3, 0.4) is 0 Å². The van der Waals surface area contributed by atoms with Crippen LogP contribution in [0.4, 0.5) is 0 Å². The third-order valence-corrected chi connectivity index (χ3v) is 7.31. The Bertz CT molecular complexity index is 200. The molecule has 1 heterocycles. The highest BCUT2D eigenvalue weighted by molar-refractivity contribution is 6.70. The molecule has 0 bridgehead atoms. The number of hydrogen-bond donors (Lipinski definition) is 1. The molecule has 0 spiro atoms. The quantitative estimate of drug-likeness (QED) is 0.575. The molecule has 1 unspecified atom stereocenters. The van der Waals surface area contributed by atoms with Gasteiger partial charge < -0.3 is 19.3 Å². The van der Waals surface area contributed by atoms with E-state index in [9.17, 15) is 0 Å². The summed E-state index contributed by atoms with van der Waals surface area (Å²) < 4.78 is 17.7. The van der Waals surface area contributed by atoms with Crippen molar-refractivity contribution in [2.45, 2.75) is 51.4 Å². The van der Waals surface area contributed by atoms with E-state index in [4.69, 9.17) is 19.3 Å². The van der Waals surface area contributed by atoms with Gasteiger partial charge in [-0.25, -0.2) is 0 Å². The van der Waals surface area contributed by atoms with Crippen molar-refractivity contribution in [2.75, 3.05) is 19.8 Å². The van der Waals surface area contributed by atoms with Crippen molar-refractivity contribution in [2.24, 2.45) is 5.73 Å². The first kappa shape index (κ1) is 14.1. The predicted molar refractivity (Wildman–Crippen MR) is 66.2 cm³/mol. The van der Waals surface area contributed by atoms with Gasteiger partial charge in [0.1, 0.15) is 0 Å². The molecule has 1 rings (SSSR count). The summed E-state index contributed by atoms with van der Waals surface area (Å²) in [6, 6.07) is 0.950. The third kappa shape index (κ3) is 2.65. The van der Waals surface area contributed by atoms with Crippen LogP contribution >= 0.6 is 0 Å². The summed E-state index contributed by atoms with van der Waals surface area (Å²) in [5, 5.41) is -0.661. The summed E-state index contributed by atoms with van der Waals surface area (Å²) in [5.41, 5.74) is 6.41. The molecule has 5 heteroatoms. The molecule has 16 heavy (non-hydrogen) atoms. The van der Waals surface area contributed by atoms with E-state index >= 15 is 0 Å². The number of nitrogens with two attached hydrogens (primary N) is 1. The maximum atomic E-state index is 6.41. The summed E-state index contributed by atoms with van der Waals surface area (Å²) >= 11 is 0. The molecule has 0 saturated carbocycles. The van der Waals surface area contributed by atoms with Gasteiger partial charge in [-0.2, -0.15) is 0 Å². The lowest BCUT2D eigenvalue weighted by Crippen LogP contribution is -2.70. The zero-order valence-electron chi connectivity index (χ0n) is 10.8. The molecule has 1 atom stereocenters. The first-order valence-corrected chi connectivity index (χ1v) is 8.37. The molecule has 1 saturated heterocycles. The second kappa shape index (κ2) is 6.12. The number of ether oxygens (including phenoxy) is 1. The van der Waals surface area contributed by atoms with Gasteiger partial charge in [-0.05, 0) is 39.7 Å². The second-order valence-corrected chi connectivity index (χ2v) is 7.58. The zero-order chi connectivity index (χ0) is 12.1. The largest absolute Gasteiger partial charge is 0.392 e. The standard InChI is InChI=1S/C11H25NO3Si/c1-4-13-11(12)9-7-8-10-16(11,14-5-2)15-6-3/h4-10,12H2,1-3H3. The van der Waals surface area contributed by atoms with Crippen LogP contribution in [-0.4, -0.2) is 33.7 Å². The number of hydrogen-bond acceptors (Lipinski definition) is 4. The summed E-state index contributed by atoms with van der Waals surface area (Å²) in [6.45, 7) is 7.88. The maximum absolute atomic E-state index is 6.41. The Balaban J connectivity index is 2.88. The van der Waals surface area contributed by atoms with Crippen molar-refractivity contribution >= 4 is 8.56 Å². The molecule has 0 amide bonds. The molecule has 0 aliphatic carbocycles. The third-order valence-electron chi connectivity index (χ3n) is 3.11. The van der Waals surface area contributed by atoms with Crippen molar-refractivity contribution in [3.63, 3.8) is 0 Å². The molecule has 1 aliphatic rings. The van der Waals surface area contributed by atoms with Gasteiger partial charge in [-0.3, -0.25) is 0 Å². The van der Waals surface area contributed by atoms with Crippen LogP contribution in [0.25, 0.3) is 0 Å². The highest BCUT2D eigenvalue weighted by Gasteiger charge is 2.58. The van der Waals surface area contributed by atoms with Crippen LogP contribution in [-0.2, 0) is 13.6 Å². The van der Waals surface area contributed by atoms with Crippen LogP contribution in [0.2, 0.25) is 6.04 Å². The highest BCUT2D eigenvalue weighted by Crippen LogP contribution is 2.37. The lowest BCUT2D eigenvalue weighted by molar-refractivity contribution is -0.0365. The summed E-state index contributed by atoms with van der Waals surface area (Å²) in [5.74, 6) is 0. The van der Waals surface area contributed by atoms with Crippen molar-refractivity contribution in [1.29, 1.82) is 0 Å². The molecule has 0 aromatic rings. The average molecular weight is 247 g/mol. The molecule has 0 aromatic carbocycles. The molecule has 2 N–H and O–H groups in total.